The molecule has 6 nitrogen and oxygen atoms in total. The summed E-state index contributed by atoms with van der Waals surface area (Å²) in [5.74, 6) is -0.251. The number of nitrogens with zero attached hydrogens (tertiary/aromatic N) is 1. The molecule has 1 amide bonds. The second kappa shape index (κ2) is 6.49. The van der Waals surface area contributed by atoms with Crippen molar-refractivity contribution in [1.29, 1.82) is 0 Å². The maximum atomic E-state index is 11.9. The zero-order valence-electron chi connectivity index (χ0n) is 11.0. The van der Waals surface area contributed by atoms with Crippen molar-refractivity contribution in [2.24, 2.45) is 0 Å². The van der Waals surface area contributed by atoms with Gasteiger partial charge in [0.1, 0.15) is 5.69 Å². The average Bonchev–Trinajstić information content (AvgIpc) is 2.39. The molecule has 1 aromatic heterocycles. The van der Waals surface area contributed by atoms with Crippen molar-refractivity contribution < 1.29 is 9.53 Å². The van der Waals surface area contributed by atoms with Gasteiger partial charge in [-0.2, -0.15) is 0 Å². The minimum Gasteiger partial charge on any atom is -0.379 e. The van der Waals surface area contributed by atoms with Crippen LogP contribution in [0, 0.1) is 0 Å². The maximum absolute atomic E-state index is 11.9. The summed E-state index contributed by atoms with van der Waals surface area (Å²) in [6.45, 7) is 6.00. The van der Waals surface area contributed by atoms with Gasteiger partial charge in [-0.15, -0.1) is 0 Å². The Morgan fingerprint density at radius 1 is 1.47 bits per heavy atom. The van der Waals surface area contributed by atoms with Gasteiger partial charge in [-0.1, -0.05) is 6.07 Å². The minimum atomic E-state index is -0.270. The van der Waals surface area contributed by atoms with Crippen molar-refractivity contribution >= 4 is 5.91 Å². The van der Waals surface area contributed by atoms with Crippen LogP contribution in [0.1, 0.15) is 17.4 Å². The zero-order valence-corrected chi connectivity index (χ0v) is 11.0. The predicted octanol–water partition coefficient (Wildman–Crippen LogP) is -0.175. The first-order chi connectivity index (χ1) is 9.15. The van der Waals surface area contributed by atoms with Crippen molar-refractivity contribution in [3.8, 4) is 0 Å². The molecule has 1 unspecified atom stereocenters. The number of rotatable bonds is 4. The molecule has 1 aliphatic heterocycles. The molecule has 19 heavy (non-hydrogen) atoms. The van der Waals surface area contributed by atoms with Gasteiger partial charge in [0.25, 0.3) is 5.91 Å². The summed E-state index contributed by atoms with van der Waals surface area (Å²) in [5, 5.41) is 2.88. The second-order valence-electron chi connectivity index (χ2n) is 4.72. The van der Waals surface area contributed by atoms with Crippen LogP contribution in [0.15, 0.2) is 23.0 Å². The molecule has 0 saturated carbocycles. The normalized spacial score (nSPS) is 17.9. The molecule has 1 saturated heterocycles. The molecule has 1 atom stereocenters. The molecular formula is C13H19N3O3. The highest BCUT2D eigenvalue weighted by molar-refractivity contribution is 5.92. The number of nitrogens with one attached hydrogen (secondary N) is 2. The van der Waals surface area contributed by atoms with Crippen LogP contribution in [-0.4, -0.2) is 54.7 Å². The lowest BCUT2D eigenvalue weighted by atomic mass is 10.2. The van der Waals surface area contributed by atoms with Crippen LogP contribution in [0.25, 0.3) is 0 Å². The smallest absolute Gasteiger partial charge is 0.268 e. The Kier molecular flexibility index (Phi) is 4.70. The van der Waals surface area contributed by atoms with Gasteiger partial charge in [-0.05, 0) is 13.0 Å². The number of morpholine rings is 1. The lowest BCUT2D eigenvalue weighted by molar-refractivity contribution is 0.0342. The summed E-state index contributed by atoms with van der Waals surface area (Å²) in [5.41, 5.74) is 0.0230. The number of ether oxygens (including phenoxy) is 1. The lowest BCUT2D eigenvalue weighted by Crippen LogP contribution is -2.46. The van der Waals surface area contributed by atoms with Crippen LogP contribution in [0.2, 0.25) is 0 Å². The number of carbonyl (C=O) groups excluding carboxylic acids is 1. The summed E-state index contributed by atoms with van der Waals surface area (Å²) in [6.07, 6.45) is 0. The quantitative estimate of drug-likeness (QED) is 0.792. The molecule has 0 spiro atoms. The summed E-state index contributed by atoms with van der Waals surface area (Å²) >= 11 is 0. The van der Waals surface area contributed by atoms with Crippen LogP contribution in [0.4, 0.5) is 0 Å². The summed E-state index contributed by atoms with van der Waals surface area (Å²) in [4.78, 5) is 27.8. The molecular weight excluding hydrogens is 246 g/mol. The fourth-order valence-electron chi connectivity index (χ4n) is 2.10. The molecule has 0 radical (unpaired) electrons. The largest absolute Gasteiger partial charge is 0.379 e. The van der Waals surface area contributed by atoms with Crippen LogP contribution in [0.5, 0.6) is 0 Å². The number of aromatic nitrogens is 1. The SMILES string of the molecule is CC(CN1CCOCC1)NC(=O)c1cccc(=O)[nH]1. The molecule has 0 bridgehead atoms. The fraction of sp³-hybridized carbons (Fsp3) is 0.538. The highest BCUT2D eigenvalue weighted by Gasteiger charge is 2.16. The van der Waals surface area contributed by atoms with E-state index in [0.29, 0.717) is 5.69 Å². The predicted molar refractivity (Wildman–Crippen MR) is 71.2 cm³/mol. The maximum Gasteiger partial charge on any atom is 0.268 e. The molecule has 1 fully saturated rings. The third-order valence-electron chi connectivity index (χ3n) is 3.03. The zero-order chi connectivity index (χ0) is 13.7. The van der Waals surface area contributed by atoms with E-state index < -0.39 is 0 Å². The summed E-state index contributed by atoms with van der Waals surface area (Å²) < 4.78 is 5.28. The molecule has 1 aliphatic rings. The van der Waals surface area contributed by atoms with E-state index in [2.05, 4.69) is 15.2 Å². The lowest BCUT2D eigenvalue weighted by Gasteiger charge is -2.29. The van der Waals surface area contributed by atoms with Gasteiger partial charge in [0, 0.05) is 31.7 Å². The summed E-state index contributed by atoms with van der Waals surface area (Å²) in [7, 11) is 0. The number of aromatic amines is 1. The number of carbonyl (C=O) groups is 1. The van der Waals surface area contributed by atoms with Gasteiger partial charge < -0.3 is 15.0 Å². The van der Waals surface area contributed by atoms with Crippen molar-refractivity contribution in [2.45, 2.75) is 13.0 Å². The van der Waals surface area contributed by atoms with E-state index >= 15 is 0 Å². The monoisotopic (exact) mass is 265 g/mol. The highest BCUT2D eigenvalue weighted by Crippen LogP contribution is 1.99. The molecule has 0 aromatic carbocycles. The number of H-pyrrole nitrogens is 1. The first-order valence-electron chi connectivity index (χ1n) is 6.45. The van der Waals surface area contributed by atoms with Crippen LogP contribution in [-0.2, 0) is 4.74 Å². The molecule has 104 valence electrons. The first-order valence-corrected chi connectivity index (χ1v) is 6.45. The van der Waals surface area contributed by atoms with Gasteiger partial charge in [-0.25, -0.2) is 0 Å². The van der Waals surface area contributed by atoms with Gasteiger partial charge in [0.15, 0.2) is 0 Å². The Morgan fingerprint density at radius 3 is 2.89 bits per heavy atom. The Labute approximate surface area is 111 Å². The van der Waals surface area contributed by atoms with E-state index in [9.17, 15) is 9.59 Å². The highest BCUT2D eigenvalue weighted by atomic mass is 16.5. The second-order valence-corrected chi connectivity index (χ2v) is 4.72. The number of hydrogen-bond acceptors (Lipinski definition) is 4. The molecule has 6 heteroatoms. The van der Waals surface area contributed by atoms with E-state index in [1.165, 1.54) is 6.07 Å². The van der Waals surface area contributed by atoms with Gasteiger partial charge in [0.2, 0.25) is 5.56 Å². The molecule has 2 N–H and O–H groups in total. The van der Waals surface area contributed by atoms with Gasteiger partial charge in [0.05, 0.1) is 13.2 Å². The van der Waals surface area contributed by atoms with Crippen molar-refractivity contribution in [3.05, 3.63) is 34.2 Å². The average molecular weight is 265 g/mol. The van der Waals surface area contributed by atoms with E-state index in [4.69, 9.17) is 4.74 Å². The van der Waals surface area contributed by atoms with E-state index in [1.807, 2.05) is 6.92 Å². The third-order valence-corrected chi connectivity index (χ3v) is 3.03. The Hall–Kier alpha value is -1.66. The minimum absolute atomic E-state index is 0.0225. The van der Waals surface area contributed by atoms with Crippen molar-refractivity contribution in [2.75, 3.05) is 32.8 Å². The van der Waals surface area contributed by atoms with Gasteiger partial charge in [-0.3, -0.25) is 14.5 Å². The van der Waals surface area contributed by atoms with Crippen molar-refractivity contribution in [1.82, 2.24) is 15.2 Å². The number of amides is 1. The van der Waals surface area contributed by atoms with E-state index in [-0.39, 0.29) is 17.5 Å². The van der Waals surface area contributed by atoms with Gasteiger partial charge >= 0.3 is 0 Å². The standard InChI is InChI=1S/C13H19N3O3/c1-10(9-16-5-7-19-8-6-16)14-13(18)11-3-2-4-12(17)15-11/h2-4,10H,5-9H2,1H3,(H,14,18)(H,15,17). The summed E-state index contributed by atoms with van der Waals surface area (Å²) in [6, 6.07) is 4.57. The topological polar surface area (TPSA) is 74.4 Å². The fourth-order valence-corrected chi connectivity index (χ4v) is 2.10. The van der Waals surface area contributed by atoms with E-state index in [0.717, 1.165) is 32.8 Å². The Balaban J connectivity index is 1.86. The number of pyridine rings is 1. The Morgan fingerprint density at radius 2 is 2.21 bits per heavy atom. The van der Waals surface area contributed by atoms with Crippen LogP contribution in [0.3, 0.4) is 0 Å². The third kappa shape index (κ3) is 4.18. The van der Waals surface area contributed by atoms with E-state index in [1.54, 1.807) is 12.1 Å². The molecule has 2 heterocycles. The first kappa shape index (κ1) is 13.8. The molecule has 0 aliphatic carbocycles. The van der Waals surface area contributed by atoms with Crippen LogP contribution >= 0.6 is 0 Å². The molecule has 2 rings (SSSR count). The molecule has 1 aromatic rings. The number of hydrogen-bond donors (Lipinski definition) is 2. The van der Waals surface area contributed by atoms with Crippen LogP contribution < -0.4 is 10.9 Å². The Bertz CT molecular complexity index is 480. The van der Waals surface area contributed by atoms with Crippen molar-refractivity contribution in [3.63, 3.8) is 0 Å².